The predicted molar refractivity (Wildman–Crippen MR) is 116 cm³/mol. The van der Waals surface area contributed by atoms with Gasteiger partial charge < -0.3 is 5.32 Å². The molecule has 0 aliphatic rings. The second-order valence-corrected chi connectivity index (χ2v) is 9.01. The molecule has 1 N–H and O–H groups in total. The molecular formula is C20H15N3O2S3. The lowest BCUT2D eigenvalue weighted by atomic mass is 10.2. The molecule has 0 unspecified atom stereocenters. The van der Waals surface area contributed by atoms with Crippen molar-refractivity contribution in [1.29, 1.82) is 0 Å². The van der Waals surface area contributed by atoms with Crippen LogP contribution in [0.25, 0.3) is 10.2 Å². The maximum atomic E-state index is 12.3. The third kappa shape index (κ3) is 4.64. The number of ketones is 1. The highest BCUT2D eigenvalue weighted by Gasteiger charge is 2.12. The molecule has 8 heteroatoms. The molecule has 0 bridgehead atoms. The lowest BCUT2D eigenvalue weighted by molar-refractivity contribution is -0.115. The number of hydrogen-bond acceptors (Lipinski definition) is 7. The molecule has 2 heterocycles. The van der Waals surface area contributed by atoms with Crippen LogP contribution in [-0.4, -0.2) is 27.4 Å². The van der Waals surface area contributed by atoms with Gasteiger partial charge in [0, 0.05) is 10.9 Å². The maximum absolute atomic E-state index is 12.3. The predicted octanol–water partition coefficient (Wildman–Crippen LogP) is 4.91. The zero-order valence-corrected chi connectivity index (χ0v) is 17.1. The fourth-order valence-corrected chi connectivity index (χ4v) is 5.15. The number of nitrogens with zero attached hydrogens (tertiary/aromatic N) is 2. The summed E-state index contributed by atoms with van der Waals surface area (Å²) in [6.45, 7) is 0. The van der Waals surface area contributed by atoms with Crippen LogP contribution in [0.2, 0.25) is 0 Å². The summed E-state index contributed by atoms with van der Waals surface area (Å²) in [5, 5.41) is 5.27. The summed E-state index contributed by atoms with van der Waals surface area (Å²) in [5.74, 6) is 0.242. The molecule has 0 aliphatic carbocycles. The third-order valence-corrected chi connectivity index (χ3v) is 6.86. The molecule has 0 saturated carbocycles. The summed E-state index contributed by atoms with van der Waals surface area (Å²) in [7, 11) is 0. The van der Waals surface area contributed by atoms with Gasteiger partial charge in [-0.1, -0.05) is 65.6 Å². The van der Waals surface area contributed by atoms with Crippen LogP contribution in [0.5, 0.6) is 0 Å². The second-order valence-electron chi connectivity index (χ2n) is 5.89. The molecule has 0 aliphatic heterocycles. The molecule has 140 valence electrons. The minimum absolute atomic E-state index is 0.0657. The van der Waals surface area contributed by atoms with Crippen LogP contribution in [0.4, 0.5) is 5.13 Å². The zero-order valence-electron chi connectivity index (χ0n) is 14.6. The van der Waals surface area contributed by atoms with Gasteiger partial charge in [-0.3, -0.25) is 9.59 Å². The van der Waals surface area contributed by atoms with E-state index >= 15 is 0 Å². The molecule has 4 aromatic rings. The van der Waals surface area contributed by atoms with Crippen LogP contribution < -0.4 is 5.32 Å². The fraction of sp³-hybridized carbons (Fsp3) is 0.100. The molecule has 1 amide bonds. The number of aromatic nitrogens is 2. The van der Waals surface area contributed by atoms with Crippen molar-refractivity contribution >= 4 is 61.5 Å². The topological polar surface area (TPSA) is 72.0 Å². The molecule has 0 atom stereocenters. The number of carbonyl (C=O) groups is 2. The number of hydrogen-bond donors (Lipinski definition) is 1. The molecule has 0 fully saturated rings. The Morgan fingerprint density at radius 3 is 2.61 bits per heavy atom. The van der Waals surface area contributed by atoms with Gasteiger partial charge in [0.1, 0.15) is 0 Å². The van der Waals surface area contributed by atoms with Crippen molar-refractivity contribution in [2.75, 3.05) is 11.1 Å². The van der Waals surface area contributed by atoms with Gasteiger partial charge >= 0.3 is 0 Å². The number of anilines is 1. The summed E-state index contributed by atoms with van der Waals surface area (Å²) in [6.07, 6.45) is 0.180. The highest BCUT2D eigenvalue weighted by atomic mass is 32.2. The number of Topliss-reactive ketones (excluding diaryl/α,β-unsaturated/α-hetero) is 1. The van der Waals surface area contributed by atoms with Crippen molar-refractivity contribution in [1.82, 2.24) is 9.97 Å². The van der Waals surface area contributed by atoms with Crippen LogP contribution in [0.3, 0.4) is 0 Å². The number of benzene rings is 2. The first-order valence-electron chi connectivity index (χ1n) is 8.48. The van der Waals surface area contributed by atoms with E-state index in [0.29, 0.717) is 22.1 Å². The Balaban J connectivity index is 1.31. The molecule has 28 heavy (non-hydrogen) atoms. The van der Waals surface area contributed by atoms with E-state index < -0.39 is 0 Å². The van der Waals surface area contributed by atoms with Crippen LogP contribution in [0, 0.1) is 0 Å². The van der Waals surface area contributed by atoms with Gasteiger partial charge in [-0.2, -0.15) is 0 Å². The molecule has 0 spiro atoms. The van der Waals surface area contributed by atoms with E-state index in [9.17, 15) is 9.59 Å². The van der Waals surface area contributed by atoms with E-state index in [1.165, 1.54) is 34.4 Å². The third-order valence-electron chi connectivity index (χ3n) is 3.84. The fourth-order valence-electron chi connectivity index (χ4n) is 2.52. The number of nitrogens with one attached hydrogen (secondary N) is 1. The SMILES string of the molecule is O=C(Cc1csc(SCC(=O)c2ccccc2)n1)Nc1nc2ccccc2s1. The normalized spacial score (nSPS) is 10.9. The van der Waals surface area contributed by atoms with Crippen molar-refractivity contribution in [3.63, 3.8) is 0 Å². The number of thioether (sulfide) groups is 1. The minimum Gasteiger partial charge on any atom is -0.302 e. The van der Waals surface area contributed by atoms with E-state index in [-0.39, 0.29) is 18.1 Å². The van der Waals surface area contributed by atoms with Crippen LogP contribution >= 0.6 is 34.4 Å². The van der Waals surface area contributed by atoms with Crippen molar-refractivity contribution in [2.24, 2.45) is 0 Å². The Morgan fingerprint density at radius 1 is 1.00 bits per heavy atom. The largest absolute Gasteiger partial charge is 0.302 e. The first kappa shape index (κ1) is 18.8. The summed E-state index contributed by atoms with van der Waals surface area (Å²) in [4.78, 5) is 33.3. The van der Waals surface area contributed by atoms with E-state index in [4.69, 9.17) is 0 Å². The lowest BCUT2D eigenvalue weighted by Crippen LogP contribution is -2.14. The standard InChI is InChI=1S/C20H15N3O2S3/c24-16(13-6-2-1-3-7-13)12-27-20-21-14(11-26-20)10-18(25)23-19-22-15-8-4-5-9-17(15)28-19/h1-9,11H,10,12H2,(H,22,23,25). The molecule has 0 saturated heterocycles. The number of amides is 1. The summed E-state index contributed by atoms with van der Waals surface area (Å²) >= 11 is 4.29. The van der Waals surface area contributed by atoms with Gasteiger partial charge in [0.25, 0.3) is 0 Å². The summed E-state index contributed by atoms with van der Waals surface area (Å²) in [5.41, 5.74) is 2.26. The van der Waals surface area contributed by atoms with Crippen molar-refractivity contribution in [3.8, 4) is 0 Å². The van der Waals surface area contributed by atoms with Gasteiger partial charge in [0.2, 0.25) is 5.91 Å². The van der Waals surface area contributed by atoms with E-state index in [1.54, 1.807) is 0 Å². The van der Waals surface area contributed by atoms with E-state index in [1.807, 2.05) is 60.0 Å². The van der Waals surface area contributed by atoms with Crippen LogP contribution in [-0.2, 0) is 11.2 Å². The van der Waals surface area contributed by atoms with Crippen molar-refractivity contribution in [2.45, 2.75) is 10.8 Å². The number of rotatable bonds is 7. The van der Waals surface area contributed by atoms with Crippen LogP contribution in [0.15, 0.2) is 64.3 Å². The Hall–Kier alpha value is -2.55. The highest BCUT2D eigenvalue weighted by molar-refractivity contribution is 8.01. The Morgan fingerprint density at radius 2 is 1.79 bits per heavy atom. The number of carbonyl (C=O) groups excluding carboxylic acids is 2. The zero-order chi connectivity index (χ0) is 19.3. The van der Waals surface area contributed by atoms with E-state index in [0.717, 1.165) is 14.6 Å². The van der Waals surface area contributed by atoms with E-state index in [2.05, 4.69) is 15.3 Å². The Kier molecular flexibility index (Phi) is 5.80. The van der Waals surface area contributed by atoms with Gasteiger partial charge in [0.05, 0.1) is 28.1 Å². The number of fused-ring (bicyclic) bond motifs is 1. The highest BCUT2D eigenvalue weighted by Crippen LogP contribution is 2.26. The Labute approximate surface area is 173 Å². The summed E-state index contributed by atoms with van der Waals surface area (Å²) in [6, 6.07) is 17.0. The van der Waals surface area contributed by atoms with Crippen LogP contribution in [0.1, 0.15) is 16.1 Å². The average Bonchev–Trinajstić information content (AvgIpc) is 3.32. The lowest BCUT2D eigenvalue weighted by Gasteiger charge is -1.99. The molecule has 5 nitrogen and oxygen atoms in total. The average molecular weight is 426 g/mol. The number of thiazole rings is 2. The molecule has 2 aromatic carbocycles. The quantitative estimate of drug-likeness (QED) is 0.336. The van der Waals surface area contributed by atoms with Crippen molar-refractivity contribution < 1.29 is 9.59 Å². The van der Waals surface area contributed by atoms with Crippen molar-refractivity contribution in [3.05, 3.63) is 71.2 Å². The van der Waals surface area contributed by atoms with Gasteiger partial charge in [-0.15, -0.1) is 11.3 Å². The molecular weight excluding hydrogens is 410 g/mol. The number of para-hydroxylation sites is 1. The summed E-state index contributed by atoms with van der Waals surface area (Å²) < 4.78 is 1.82. The monoisotopic (exact) mass is 425 g/mol. The minimum atomic E-state index is -0.152. The first-order chi connectivity index (χ1) is 13.7. The maximum Gasteiger partial charge on any atom is 0.232 e. The molecule has 4 rings (SSSR count). The molecule has 2 aromatic heterocycles. The Bertz CT molecular complexity index is 1090. The van der Waals surface area contributed by atoms with Gasteiger partial charge in [-0.25, -0.2) is 9.97 Å². The first-order valence-corrected chi connectivity index (χ1v) is 11.2. The molecule has 0 radical (unpaired) electrons. The van der Waals surface area contributed by atoms with Gasteiger partial charge in [0.15, 0.2) is 15.3 Å². The van der Waals surface area contributed by atoms with Gasteiger partial charge in [-0.05, 0) is 12.1 Å². The second kappa shape index (κ2) is 8.64. The smallest absolute Gasteiger partial charge is 0.232 e.